The minimum Gasteiger partial charge on any atom is -0.489 e. The van der Waals surface area contributed by atoms with Crippen molar-refractivity contribution >= 4 is 11.7 Å². The lowest BCUT2D eigenvalue weighted by Gasteiger charge is -2.49. The summed E-state index contributed by atoms with van der Waals surface area (Å²) in [6, 6.07) is 15.1. The predicted octanol–water partition coefficient (Wildman–Crippen LogP) is 7.21. The Balaban J connectivity index is 1.30. The van der Waals surface area contributed by atoms with E-state index in [1.807, 2.05) is 40.1 Å². The van der Waals surface area contributed by atoms with Gasteiger partial charge in [-0.15, -0.1) is 0 Å². The van der Waals surface area contributed by atoms with E-state index in [1.54, 1.807) is 25.1 Å². The van der Waals surface area contributed by atoms with Crippen LogP contribution in [0.25, 0.3) is 0 Å². The number of carboxylic acid groups (broad SMARTS) is 1. The highest BCUT2D eigenvalue weighted by Gasteiger charge is 2.44. The van der Waals surface area contributed by atoms with Crippen LogP contribution in [0, 0.1) is 17.0 Å². The van der Waals surface area contributed by atoms with Gasteiger partial charge in [-0.1, -0.05) is 36.4 Å². The van der Waals surface area contributed by atoms with Crippen molar-refractivity contribution in [3.63, 3.8) is 0 Å². The molecule has 3 aromatic rings. The first-order valence-corrected chi connectivity index (χ1v) is 16.2. The first-order valence-electron chi connectivity index (χ1n) is 16.2. The molecule has 2 saturated heterocycles. The Hall–Kier alpha value is -3.70. The lowest BCUT2D eigenvalue weighted by Crippen LogP contribution is -2.53. The highest BCUT2D eigenvalue weighted by molar-refractivity contribution is 5.69. The number of carbonyl (C=O) groups is 1. The van der Waals surface area contributed by atoms with E-state index in [0.717, 1.165) is 36.1 Å². The van der Waals surface area contributed by atoms with Gasteiger partial charge in [0.2, 0.25) is 0 Å². The molecule has 0 radical (unpaired) electrons. The van der Waals surface area contributed by atoms with Gasteiger partial charge >= 0.3 is 12.1 Å². The summed E-state index contributed by atoms with van der Waals surface area (Å²) < 4.78 is 80.1. The number of piperidine rings is 2. The van der Waals surface area contributed by atoms with Gasteiger partial charge in [-0.25, -0.2) is 8.78 Å². The van der Waals surface area contributed by atoms with Crippen LogP contribution in [0.1, 0.15) is 60.9 Å². The van der Waals surface area contributed by atoms with Crippen molar-refractivity contribution in [3.8, 4) is 5.75 Å². The minimum atomic E-state index is -4.58. The van der Waals surface area contributed by atoms with E-state index < -0.39 is 48.0 Å². The van der Waals surface area contributed by atoms with Crippen LogP contribution in [0.3, 0.4) is 0 Å². The van der Waals surface area contributed by atoms with Gasteiger partial charge in [0.15, 0.2) is 0 Å². The fourth-order valence-corrected chi connectivity index (χ4v) is 7.91. The maximum atomic E-state index is 16.2. The number of hydrogen-bond donors (Lipinski definition) is 1. The van der Waals surface area contributed by atoms with Crippen LogP contribution in [0.2, 0.25) is 0 Å². The van der Waals surface area contributed by atoms with Crippen LogP contribution in [0.5, 0.6) is 5.75 Å². The fourth-order valence-electron chi connectivity index (χ4n) is 7.91. The van der Waals surface area contributed by atoms with Crippen molar-refractivity contribution in [1.29, 1.82) is 0 Å². The number of fused-ring (bicyclic) bond motifs is 1. The molecule has 0 aromatic heterocycles. The fraction of sp³-hybridized carbons (Fsp3) is 0.472. The summed E-state index contributed by atoms with van der Waals surface area (Å²) in [5.74, 6) is -2.14. The number of alkyl halides is 3. The van der Waals surface area contributed by atoms with Gasteiger partial charge in [-0.3, -0.25) is 14.6 Å². The Morgan fingerprint density at radius 1 is 0.979 bits per heavy atom. The van der Waals surface area contributed by atoms with Gasteiger partial charge in [-0.2, -0.15) is 13.2 Å². The molecule has 1 N–H and O–H groups in total. The Morgan fingerprint density at radius 3 is 2.36 bits per heavy atom. The van der Waals surface area contributed by atoms with Crippen molar-refractivity contribution in [2.24, 2.45) is 5.41 Å². The van der Waals surface area contributed by atoms with Crippen LogP contribution in [0.4, 0.5) is 27.6 Å². The van der Waals surface area contributed by atoms with Gasteiger partial charge in [0.1, 0.15) is 24.0 Å². The molecule has 3 aromatic carbocycles. The average molecular weight is 658 g/mol. The van der Waals surface area contributed by atoms with E-state index in [-0.39, 0.29) is 18.4 Å². The normalized spacial score (nSPS) is 23.9. The quantitative estimate of drug-likeness (QED) is 0.259. The second-order valence-electron chi connectivity index (χ2n) is 13.4. The monoisotopic (exact) mass is 657 g/mol. The van der Waals surface area contributed by atoms with E-state index >= 15 is 8.78 Å². The molecule has 6 rings (SSSR count). The summed E-state index contributed by atoms with van der Waals surface area (Å²) in [5, 5.41) is 9.31. The third-order valence-corrected chi connectivity index (χ3v) is 9.90. The number of anilines is 1. The van der Waals surface area contributed by atoms with Gasteiger partial charge in [0.05, 0.1) is 19.1 Å². The van der Waals surface area contributed by atoms with E-state index in [1.165, 1.54) is 12.1 Å². The van der Waals surface area contributed by atoms with E-state index in [9.17, 15) is 23.1 Å². The number of carboxylic acids is 1. The second-order valence-corrected chi connectivity index (χ2v) is 13.4. The third kappa shape index (κ3) is 7.56. The molecule has 3 aliphatic rings. The zero-order valence-electron chi connectivity index (χ0n) is 26.4. The SMILES string of the molecule is C[C@@H]1Cc2cc(OCc3ccccc3)ccc2C(c2c(F)cc(N3CCCC4(CCCN(CC(=O)O)C4)C3)cc2F)N1CC(F)(F)F. The third-order valence-electron chi connectivity index (χ3n) is 9.90. The van der Waals surface area contributed by atoms with Crippen LogP contribution < -0.4 is 9.64 Å². The zero-order valence-corrected chi connectivity index (χ0v) is 26.4. The number of aliphatic carboxylic acids is 1. The molecule has 3 atom stereocenters. The summed E-state index contributed by atoms with van der Waals surface area (Å²) in [6.45, 7) is 2.99. The minimum absolute atomic E-state index is 0.0456. The molecule has 2 fully saturated rings. The van der Waals surface area contributed by atoms with Crippen LogP contribution in [0.15, 0.2) is 60.7 Å². The Kier molecular flexibility index (Phi) is 9.49. The standard InChI is InChI=1S/C36H40F5N3O3/c1-24-15-26-16-28(47-20-25-7-3-2-4-8-25)9-10-29(26)34(44(24)23-36(39,40)41)33-30(37)17-27(18-31(33)38)43-14-6-12-35(22-43)11-5-13-42(21-35)19-32(45)46/h2-4,7-10,16-18,24,34H,5-6,11-15,19-23H2,1H3,(H,45,46)/t24-,34?,35?/m1/s1. The summed E-state index contributed by atoms with van der Waals surface area (Å²) in [5.41, 5.74) is 1.81. The van der Waals surface area contributed by atoms with Gasteiger partial charge in [-0.05, 0) is 86.5 Å². The number of rotatable bonds is 8. The largest absolute Gasteiger partial charge is 0.489 e. The van der Waals surface area contributed by atoms with Crippen molar-refractivity contribution < 1.29 is 36.6 Å². The number of nitrogens with zero attached hydrogens (tertiary/aromatic N) is 3. The summed E-state index contributed by atoms with van der Waals surface area (Å²) in [4.78, 5) is 16.4. The molecule has 0 bridgehead atoms. The maximum absolute atomic E-state index is 16.2. The topological polar surface area (TPSA) is 56.3 Å². The van der Waals surface area contributed by atoms with Crippen LogP contribution in [-0.4, -0.2) is 72.4 Å². The van der Waals surface area contributed by atoms with E-state index in [0.29, 0.717) is 55.3 Å². The Labute approximate surface area is 271 Å². The molecule has 1 spiro atoms. The number of halogens is 5. The lowest BCUT2D eigenvalue weighted by atomic mass is 9.73. The van der Waals surface area contributed by atoms with Gasteiger partial charge < -0.3 is 14.7 Å². The first kappa shape index (κ1) is 33.2. The van der Waals surface area contributed by atoms with Crippen molar-refractivity contribution in [2.45, 2.75) is 63.9 Å². The molecule has 6 nitrogen and oxygen atoms in total. The van der Waals surface area contributed by atoms with Crippen LogP contribution >= 0.6 is 0 Å². The molecule has 2 unspecified atom stereocenters. The first-order chi connectivity index (χ1) is 22.4. The second kappa shape index (κ2) is 13.4. The maximum Gasteiger partial charge on any atom is 0.401 e. The highest BCUT2D eigenvalue weighted by Crippen LogP contribution is 2.45. The molecular formula is C36H40F5N3O3. The van der Waals surface area contributed by atoms with Crippen molar-refractivity contribution in [1.82, 2.24) is 9.80 Å². The molecule has 3 aliphatic heterocycles. The molecule has 47 heavy (non-hydrogen) atoms. The van der Waals surface area contributed by atoms with Crippen LogP contribution in [-0.2, 0) is 17.8 Å². The molecule has 0 saturated carbocycles. The zero-order chi connectivity index (χ0) is 33.3. The number of hydrogen-bond acceptors (Lipinski definition) is 5. The smallest absolute Gasteiger partial charge is 0.401 e. The van der Waals surface area contributed by atoms with Crippen molar-refractivity contribution in [2.75, 3.05) is 44.2 Å². The van der Waals surface area contributed by atoms with Gasteiger partial charge in [0.25, 0.3) is 0 Å². The average Bonchev–Trinajstić information content (AvgIpc) is 3.00. The molecule has 252 valence electrons. The Morgan fingerprint density at radius 2 is 1.68 bits per heavy atom. The molecular weight excluding hydrogens is 617 g/mol. The molecule has 3 heterocycles. The molecule has 0 amide bonds. The van der Waals surface area contributed by atoms with Gasteiger partial charge in [0, 0.05) is 42.3 Å². The van der Waals surface area contributed by atoms with E-state index in [2.05, 4.69) is 0 Å². The Bertz CT molecular complexity index is 1560. The highest BCUT2D eigenvalue weighted by atomic mass is 19.4. The molecule has 0 aliphatic carbocycles. The van der Waals surface area contributed by atoms with Crippen molar-refractivity contribution in [3.05, 3.63) is 94.6 Å². The lowest BCUT2D eigenvalue weighted by molar-refractivity contribution is -0.155. The summed E-state index contributed by atoms with van der Waals surface area (Å²) in [7, 11) is 0. The summed E-state index contributed by atoms with van der Waals surface area (Å²) in [6.07, 6.45) is -0.901. The predicted molar refractivity (Wildman–Crippen MR) is 169 cm³/mol. The molecule has 11 heteroatoms. The van der Waals surface area contributed by atoms with E-state index in [4.69, 9.17) is 4.74 Å². The number of benzene rings is 3. The summed E-state index contributed by atoms with van der Waals surface area (Å²) >= 11 is 0. The number of ether oxygens (including phenoxy) is 1. The number of likely N-dealkylation sites (tertiary alicyclic amines) is 1.